The van der Waals surface area contributed by atoms with Crippen molar-refractivity contribution in [3.05, 3.63) is 59.2 Å². The topological polar surface area (TPSA) is 120 Å². The van der Waals surface area contributed by atoms with Crippen molar-refractivity contribution in [2.24, 2.45) is 0 Å². The van der Waals surface area contributed by atoms with Crippen LogP contribution in [0.1, 0.15) is 31.1 Å². The van der Waals surface area contributed by atoms with Crippen molar-refractivity contribution in [1.29, 1.82) is 0 Å². The zero-order chi connectivity index (χ0) is 15.6. The first-order valence-electron chi connectivity index (χ1n) is 5.78. The van der Waals surface area contributed by atoms with Gasteiger partial charge in [0.1, 0.15) is 0 Å². The Bertz CT molecular complexity index is 698. The zero-order valence-electron chi connectivity index (χ0n) is 10.5. The first-order chi connectivity index (χ1) is 9.88. The van der Waals surface area contributed by atoms with E-state index < -0.39 is 17.9 Å². The molecule has 106 valence electrons. The molecular formula is C15H7O6-3. The highest BCUT2D eigenvalue weighted by atomic mass is 16.4. The number of carbonyl (C=O) groups is 3. The third-order valence-corrected chi connectivity index (χ3v) is 2.86. The summed E-state index contributed by atoms with van der Waals surface area (Å²) in [4.78, 5) is 32.4. The van der Waals surface area contributed by atoms with Crippen LogP contribution in [-0.4, -0.2) is 17.9 Å². The molecule has 0 spiro atoms. The quantitative estimate of drug-likeness (QED) is 0.669. The zero-order valence-corrected chi connectivity index (χ0v) is 10.5. The van der Waals surface area contributed by atoms with Gasteiger partial charge in [-0.05, 0) is 46.0 Å². The van der Waals surface area contributed by atoms with E-state index in [0.29, 0.717) is 11.1 Å². The number of rotatable bonds is 4. The van der Waals surface area contributed by atoms with Gasteiger partial charge in [0.05, 0.1) is 17.9 Å². The van der Waals surface area contributed by atoms with E-state index in [1.165, 1.54) is 36.4 Å². The van der Waals surface area contributed by atoms with E-state index in [9.17, 15) is 29.7 Å². The molecule has 6 nitrogen and oxygen atoms in total. The van der Waals surface area contributed by atoms with E-state index in [0.717, 1.165) is 6.07 Å². The molecule has 0 aliphatic rings. The SMILES string of the molecule is O=C([O-])c1ccc(-c2cc(C(=O)[O-])cc(C(=O)[O-])c2)cc1. The lowest BCUT2D eigenvalue weighted by molar-refractivity contribution is -0.256. The molecule has 0 aromatic heterocycles. The standard InChI is InChI=1S/C15H10O6/c16-13(17)9-3-1-8(2-4-9)10-5-11(14(18)19)7-12(6-10)15(20)21/h1-7H,(H,16,17)(H,18,19)(H,20,21)/p-3. The maximum absolute atomic E-state index is 10.9. The van der Waals surface area contributed by atoms with E-state index in [1.54, 1.807) is 0 Å². The first-order valence-corrected chi connectivity index (χ1v) is 5.78. The number of carboxylic acids is 3. The second kappa shape index (κ2) is 5.46. The Labute approximate surface area is 118 Å². The molecule has 0 atom stereocenters. The van der Waals surface area contributed by atoms with Gasteiger partial charge in [-0.25, -0.2) is 0 Å². The smallest absolute Gasteiger partial charge is 0.0715 e. The summed E-state index contributed by atoms with van der Waals surface area (Å²) in [6.07, 6.45) is 0. The maximum Gasteiger partial charge on any atom is 0.0715 e. The minimum absolute atomic E-state index is 0.0464. The van der Waals surface area contributed by atoms with Crippen LogP contribution in [0.25, 0.3) is 11.1 Å². The number of carbonyl (C=O) groups excluding carboxylic acids is 3. The van der Waals surface area contributed by atoms with Gasteiger partial charge in [-0.3, -0.25) is 0 Å². The van der Waals surface area contributed by atoms with Crippen LogP contribution in [0, 0.1) is 0 Å². The van der Waals surface area contributed by atoms with Crippen LogP contribution in [0.4, 0.5) is 0 Å². The van der Waals surface area contributed by atoms with E-state index in [-0.39, 0.29) is 16.7 Å². The number of aromatic carboxylic acids is 3. The summed E-state index contributed by atoms with van der Waals surface area (Å²) < 4.78 is 0. The molecule has 0 heterocycles. The van der Waals surface area contributed by atoms with E-state index in [2.05, 4.69) is 0 Å². The molecule has 0 amide bonds. The molecule has 0 saturated heterocycles. The van der Waals surface area contributed by atoms with E-state index in [1.807, 2.05) is 0 Å². The van der Waals surface area contributed by atoms with Crippen LogP contribution in [-0.2, 0) is 0 Å². The molecule has 21 heavy (non-hydrogen) atoms. The van der Waals surface area contributed by atoms with Gasteiger partial charge in [-0.2, -0.15) is 0 Å². The molecule has 0 unspecified atom stereocenters. The van der Waals surface area contributed by atoms with E-state index >= 15 is 0 Å². The van der Waals surface area contributed by atoms with Crippen molar-refractivity contribution in [1.82, 2.24) is 0 Å². The fraction of sp³-hybridized carbons (Fsp3) is 0. The van der Waals surface area contributed by atoms with Crippen LogP contribution in [0.15, 0.2) is 42.5 Å². The molecule has 0 aliphatic heterocycles. The number of hydrogen-bond acceptors (Lipinski definition) is 6. The summed E-state index contributed by atoms with van der Waals surface area (Å²) in [6, 6.07) is 8.77. The lowest BCUT2D eigenvalue weighted by Crippen LogP contribution is -2.25. The Hall–Kier alpha value is -3.15. The highest BCUT2D eigenvalue weighted by Crippen LogP contribution is 2.23. The van der Waals surface area contributed by atoms with Crippen molar-refractivity contribution < 1.29 is 29.7 Å². The molecule has 0 radical (unpaired) electrons. The predicted octanol–water partition coefficient (Wildman–Crippen LogP) is -1.56. The molecule has 2 aromatic carbocycles. The van der Waals surface area contributed by atoms with Crippen LogP contribution >= 0.6 is 0 Å². The summed E-state index contributed by atoms with van der Waals surface area (Å²) in [6.45, 7) is 0. The lowest BCUT2D eigenvalue weighted by atomic mass is 9.99. The molecule has 2 rings (SSSR count). The molecular weight excluding hydrogens is 276 g/mol. The van der Waals surface area contributed by atoms with Gasteiger partial charge in [0.25, 0.3) is 0 Å². The van der Waals surface area contributed by atoms with Gasteiger partial charge < -0.3 is 29.7 Å². The second-order valence-corrected chi connectivity index (χ2v) is 4.24. The van der Waals surface area contributed by atoms with Gasteiger partial charge in [-0.15, -0.1) is 0 Å². The molecule has 2 aromatic rings. The first kappa shape index (κ1) is 14.3. The number of carboxylic acid groups (broad SMARTS) is 3. The predicted molar refractivity (Wildman–Crippen MR) is 64.9 cm³/mol. The Morgan fingerprint density at radius 3 is 1.38 bits per heavy atom. The van der Waals surface area contributed by atoms with Crippen LogP contribution < -0.4 is 15.3 Å². The van der Waals surface area contributed by atoms with E-state index in [4.69, 9.17) is 0 Å². The van der Waals surface area contributed by atoms with Gasteiger partial charge >= 0.3 is 0 Å². The highest BCUT2D eigenvalue weighted by molar-refractivity contribution is 5.95. The highest BCUT2D eigenvalue weighted by Gasteiger charge is 2.05. The average molecular weight is 283 g/mol. The van der Waals surface area contributed by atoms with Gasteiger partial charge in [0, 0.05) is 0 Å². The molecule has 0 fully saturated rings. The van der Waals surface area contributed by atoms with Gasteiger partial charge in [0.15, 0.2) is 0 Å². The Morgan fingerprint density at radius 2 is 1.00 bits per heavy atom. The van der Waals surface area contributed by atoms with Crippen molar-refractivity contribution in [3.63, 3.8) is 0 Å². The van der Waals surface area contributed by atoms with Gasteiger partial charge in [0.2, 0.25) is 0 Å². The van der Waals surface area contributed by atoms with Gasteiger partial charge in [-0.1, -0.05) is 24.3 Å². The second-order valence-electron chi connectivity index (χ2n) is 4.24. The molecule has 0 aliphatic carbocycles. The summed E-state index contributed by atoms with van der Waals surface area (Å²) >= 11 is 0. The van der Waals surface area contributed by atoms with Crippen LogP contribution in [0.2, 0.25) is 0 Å². The summed E-state index contributed by atoms with van der Waals surface area (Å²) in [5.74, 6) is -4.39. The molecule has 0 N–H and O–H groups in total. The van der Waals surface area contributed by atoms with Crippen LogP contribution in [0.5, 0.6) is 0 Å². The largest absolute Gasteiger partial charge is 0.545 e. The number of benzene rings is 2. The third kappa shape index (κ3) is 3.06. The number of hydrogen-bond donors (Lipinski definition) is 0. The Balaban J connectivity index is 2.54. The summed E-state index contributed by atoms with van der Waals surface area (Å²) in [5, 5.41) is 32.4. The summed E-state index contributed by atoms with van der Waals surface area (Å²) in [5.41, 5.74) is 0.0766. The van der Waals surface area contributed by atoms with Crippen molar-refractivity contribution in [3.8, 4) is 11.1 Å². The van der Waals surface area contributed by atoms with Crippen LogP contribution in [0.3, 0.4) is 0 Å². The lowest BCUT2D eigenvalue weighted by Gasteiger charge is -2.12. The minimum Gasteiger partial charge on any atom is -0.545 e. The Kier molecular flexibility index (Phi) is 3.71. The third-order valence-electron chi connectivity index (χ3n) is 2.86. The van der Waals surface area contributed by atoms with Crippen molar-refractivity contribution in [2.75, 3.05) is 0 Å². The monoisotopic (exact) mass is 283 g/mol. The summed E-state index contributed by atoms with van der Waals surface area (Å²) in [7, 11) is 0. The maximum atomic E-state index is 10.9. The molecule has 0 bridgehead atoms. The van der Waals surface area contributed by atoms with Crippen molar-refractivity contribution in [2.45, 2.75) is 0 Å². The average Bonchev–Trinajstić information content (AvgIpc) is 2.46. The minimum atomic E-state index is -1.52. The fourth-order valence-electron chi connectivity index (χ4n) is 1.83. The fourth-order valence-corrected chi connectivity index (χ4v) is 1.83. The Morgan fingerprint density at radius 1 is 0.571 bits per heavy atom. The normalized spacial score (nSPS) is 10.1. The molecule has 0 saturated carbocycles. The molecule has 6 heteroatoms. The van der Waals surface area contributed by atoms with Crippen molar-refractivity contribution >= 4 is 17.9 Å².